The van der Waals surface area contributed by atoms with Gasteiger partial charge in [-0.05, 0) is 35.9 Å². The van der Waals surface area contributed by atoms with Crippen molar-refractivity contribution in [1.29, 1.82) is 0 Å². The SMILES string of the molecule is Cc1c(-[n+]2cccc3ccccc32)ccc2ccccc12. The van der Waals surface area contributed by atoms with Crippen LogP contribution < -0.4 is 4.57 Å². The second-order valence-electron chi connectivity index (χ2n) is 5.37. The molecular formula is C20H16N+. The Bertz CT molecular complexity index is 949. The van der Waals surface area contributed by atoms with E-state index in [1.54, 1.807) is 0 Å². The fourth-order valence-corrected chi connectivity index (χ4v) is 3.05. The lowest BCUT2D eigenvalue weighted by atomic mass is 10.0. The highest BCUT2D eigenvalue weighted by atomic mass is 15.0. The second-order valence-corrected chi connectivity index (χ2v) is 5.37. The van der Waals surface area contributed by atoms with Crippen LogP contribution in [0.2, 0.25) is 0 Å². The molecule has 21 heavy (non-hydrogen) atoms. The maximum Gasteiger partial charge on any atom is 0.218 e. The maximum absolute atomic E-state index is 2.27. The van der Waals surface area contributed by atoms with Crippen LogP contribution in [0.25, 0.3) is 27.4 Å². The zero-order valence-corrected chi connectivity index (χ0v) is 12.0. The molecule has 0 aliphatic carbocycles. The summed E-state index contributed by atoms with van der Waals surface area (Å²) in [5.41, 5.74) is 3.79. The summed E-state index contributed by atoms with van der Waals surface area (Å²) in [4.78, 5) is 0. The molecule has 0 saturated carbocycles. The summed E-state index contributed by atoms with van der Waals surface area (Å²) in [6.07, 6.45) is 2.14. The third-order valence-corrected chi connectivity index (χ3v) is 4.14. The monoisotopic (exact) mass is 270 g/mol. The molecule has 0 amide bonds. The molecule has 3 aromatic carbocycles. The Morgan fingerprint density at radius 3 is 2.29 bits per heavy atom. The van der Waals surface area contributed by atoms with Gasteiger partial charge in [-0.3, -0.25) is 0 Å². The van der Waals surface area contributed by atoms with E-state index in [1.165, 1.54) is 32.9 Å². The van der Waals surface area contributed by atoms with Crippen molar-refractivity contribution in [3.8, 4) is 5.69 Å². The summed E-state index contributed by atoms with van der Waals surface area (Å²) >= 11 is 0. The third kappa shape index (κ3) is 1.90. The van der Waals surface area contributed by atoms with Gasteiger partial charge in [-0.1, -0.05) is 36.4 Å². The van der Waals surface area contributed by atoms with E-state index in [2.05, 4.69) is 90.5 Å². The standard InChI is InChI=1S/C20H16N/c1-15-18-10-4-2-7-16(18)12-13-19(15)21-14-6-9-17-8-3-5-11-20(17)21/h2-14H,1H3/q+1. The fourth-order valence-electron chi connectivity index (χ4n) is 3.05. The second kappa shape index (κ2) is 4.71. The van der Waals surface area contributed by atoms with E-state index < -0.39 is 0 Å². The molecule has 0 unspecified atom stereocenters. The lowest BCUT2D eigenvalue weighted by Gasteiger charge is -2.06. The van der Waals surface area contributed by atoms with Gasteiger partial charge in [0.1, 0.15) is 0 Å². The molecule has 1 heterocycles. The number of aromatic nitrogens is 1. The van der Waals surface area contributed by atoms with Gasteiger partial charge >= 0.3 is 0 Å². The summed E-state index contributed by atoms with van der Waals surface area (Å²) in [6.45, 7) is 2.20. The first-order valence-electron chi connectivity index (χ1n) is 7.23. The van der Waals surface area contributed by atoms with E-state index >= 15 is 0 Å². The molecule has 0 saturated heterocycles. The van der Waals surface area contributed by atoms with E-state index in [-0.39, 0.29) is 0 Å². The van der Waals surface area contributed by atoms with Crippen molar-refractivity contribution < 1.29 is 4.57 Å². The van der Waals surface area contributed by atoms with Crippen LogP contribution in [0.5, 0.6) is 0 Å². The van der Waals surface area contributed by atoms with E-state index in [0.717, 1.165) is 0 Å². The van der Waals surface area contributed by atoms with E-state index in [1.807, 2.05) is 0 Å². The minimum Gasteiger partial charge on any atom is -0.160 e. The predicted molar refractivity (Wildman–Crippen MR) is 87.7 cm³/mol. The van der Waals surface area contributed by atoms with Crippen molar-refractivity contribution in [2.75, 3.05) is 0 Å². The zero-order chi connectivity index (χ0) is 14.2. The molecule has 0 aliphatic rings. The van der Waals surface area contributed by atoms with Crippen molar-refractivity contribution >= 4 is 21.7 Å². The minimum absolute atomic E-state index is 1.23. The number of pyridine rings is 1. The van der Waals surface area contributed by atoms with Crippen LogP contribution in [0.15, 0.2) is 79.0 Å². The normalized spacial score (nSPS) is 11.1. The molecule has 0 aliphatic heterocycles. The van der Waals surface area contributed by atoms with E-state index in [9.17, 15) is 0 Å². The Morgan fingerprint density at radius 2 is 1.38 bits per heavy atom. The summed E-state index contributed by atoms with van der Waals surface area (Å²) in [5.74, 6) is 0. The zero-order valence-electron chi connectivity index (χ0n) is 12.0. The van der Waals surface area contributed by atoms with Gasteiger partial charge in [-0.15, -0.1) is 0 Å². The van der Waals surface area contributed by atoms with Crippen molar-refractivity contribution in [2.45, 2.75) is 6.92 Å². The molecule has 0 N–H and O–H groups in total. The maximum atomic E-state index is 2.27. The summed E-state index contributed by atoms with van der Waals surface area (Å²) in [5, 5.41) is 3.86. The van der Waals surface area contributed by atoms with Gasteiger partial charge in [0.05, 0.1) is 0 Å². The van der Waals surface area contributed by atoms with Gasteiger partial charge in [-0.2, -0.15) is 4.57 Å². The number of para-hydroxylation sites is 1. The van der Waals surface area contributed by atoms with Gasteiger partial charge in [0.25, 0.3) is 0 Å². The van der Waals surface area contributed by atoms with E-state index in [0.29, 0.717) is 0 Å². The molecule has 1 aromatic heterocycles. The van der Waals surface area contributed by atoms with Crippen LogP contribution in [-0.4, -0.2) is 0 Å². The highest BCUT2D eigenvalue weighted by Crippen LogP contribution is 2.22. The van der Waals surface area contributed by atoms with Crippen LogP contribution in [0.3, 0.4) is 0 Å². The highest BCUT2D eigenvalue weighted by Gasteiger charge is 2.15. The number of hydrogen-bond donors (Lipinski definition) is 0. The van der Waals surface area contributed by atoms with Crippen LogP contribution in [0.4, 0.5) is 0 Å². The molecule has 1 heteroatoms. The highest BCUT2D eigenvalue weighted by molar-refractivity contribution is 5.87. The Balaban J connectivity index is 2.07. The van der Waals surface area contributed by atoms with Gasteiger partial charge < -0.3 is 0 Å². The van der Waals surface area contributed by atoms with Crippen LogP contribution >= 0.6 is 0 Å². The molecular weight excluding hydrogens is 254 g/mol. The molecule has 1 nitrogen and oxygen atoms in total. The third-order valence-electron chi connectivity index (χ3n) is 4.14. The average molecular weight is 270 g/mol. The number of aryl methyl sites for hydroxylation is 1. The van der Waals surface area contributed by atoms with Crippen LogP contribution in [0, 0.1) is 6.92 Å². The summed E-state index contributed by atoms with van der Waals surface area (Å²) in [6, 6.07) is 25.7. The smallest absolute Gasteiger partial charge is 0.160 e. The number of benzene rings is 3. The Kier molecular flexibility index (Phi) is 2.71. The van der Waals surface area contributed by atoms with Crippen molar-refractivity contribution in [3.63, 3.8) is 0 Å². The van der Waals surface area contributed by atoms with Crippen molar-refractivity contribution in [3.05, 3.63) is 84.6 Å². The molecule has 0 spiro atoms. The van der Waals surface area contributed by atoms with E-state index in [4.69, 9.17) is 0 Å². The van der Waals surface area contributed by atoms with Crippen LogP contribution in [-0.2, 0) is 0 Å². The van der Waals surface area contributed by atoms with Gasteiger partial charge in [0.2, 0.25) is 11.2 Å². The lowest BCUT2D eigenvalue weighted by molar-refractivity contribution is -0.567. The van der Waals surface area contributed by atoms with Crippen molar-refractivity contribution in [2.24, 2.45) is 0 Å². The molecule has 0 bridgehead atoms. The largest absolute Gasteiger partial charge is 0.218 e. The average Bonchev–Trinajstić information content (AvgIpc) is 2.55. The number of nitrogens with zero attached hydrogens (tertiary/aromatic N) is 1. The summed E-state index contributed by atoms with van der Waals surface area (Å²) < 4.78 is 2.27. The molecule has 0 fully saturated rings. The topological polar surface area (TPSA) is 3.88 Å². The quantitative estimate of drug-likeness (QED) is 0.446. The van der Waals surface area contributed by atoms with Crippen molar-refractivity contribution in [1.82, 2.24) is 0 Å². The van der Waals surface area contributed by atoms with Gasteiger partial charge in [0.15, 0.2) is 6.20 Å². The number of fused-ring (bicyclic) bond motifs is 2. The first kappa shape index (κ1) is 12.1. The first-order valence-corrected chi connectivity index (χ1v) is 7.23. The summed E-state index contributed by atoms with van der Waals surface area (Å²) in [7, 11) is 0. The molecule has 4 rings (SSSR count). The van der Waals surface area contributed by atoms with Gasteiger partial charge in [0, 0.05) is 29.1 Å². The number of rotatable bonds is 1. The lowest BCUT2D eigenvalue weighted by Crippen LogP contribution is -2.31. The minimum atomic E-state index is 1.23. The van der Waals surface area contributed by atoms with Gasteiger partial charge in [-0.25, -0.2) is 0 Å². The first-order chi connectivity index (χ1) is 10.3. The Hall–Kier alpha value is -2.67. The molecule has 4 aromatic rings. The molecule has 0 radical (unpaired) electrons. The fraction of sp³-hybridized carbons (Fsp3) is 0.0500. The Labute approximate surface area is 124 Å². The molecule has 0 atom stereocenters. The Morgan fingerprint density at radius 1 is 0.667 bits per heavy atom. The molecule has 100 valence electrons. The predicted octanol–water partition coefficient (Wildman–Crippen LogP) is 4.58. The van der Waals surface area contributed by atoms with Crippen LogP contribution in [0.1, 0.15) is 5.56 Å². The number of hydrogen-bond acceptors (Lipinski definition) is 0.